The Kier molecular flexibility index (Phi) is 2.67. The van der Waals surface area contributed by atoms with Crippen LogP contribution in [0, 0.1) is 0 Å². The third kappa shape index (κ3) is 2.06. The Bertz CT molecular complexity index is 391. The van der Waals surface area contributed by atoms with E-state index in [9.17, 15) is 13.2 Å². The van der Waals surface area contributed by atoms with Gasteiger partial charge in [-0.15, -0.1) is 0 Å². The molecule has 0 unspecified atom stereocenters. The molecule has 4 nitrogen and oxygen atoms in total. The van der Waals surface area contributed by atoms with Crippen LogP contribution >= 0.6 is 0 Å². The van der Waals surface area contributed by atoms with Crippen molar-refractivity contribution in [1.29, 1.82) is 0 Å². The number of hydrogen-bond acceptors (Lipinski definition) is 4. The quantitative estimate of drug-likeness (QED) is 0.672. The van der Waals surface area contributed by atoms with Gasteiger partial charge in [-0.3, -0.25) is 4.79 Å². The molecule has 5 heteroatoms. The van der Waals surface area contributed by atoms with Crippen molar-refractivity contribution < 1.29 is 17.9 Å². The van der Waals surface area contributed by atoms with E-state index in [0.29, 0.717) is 5.75 Å². The van der Waals surface area contributed by atoms with Crippen LogP contribution < -0.4 is 4.74 Å². The molecule has 0 N–H and O–H groups in total. The van der Waals surface area contributed by atoms with Crippen LogP contribution in [0.1, 0.15) is 0 Å². The van der Waals surface area contributed by atoms with Crippen molar-refractivity contribution in [3.05, 3.63) is 24.3 Å². The molecular formula is C8H8O4S. The van der Waals surface area contributed by atoms with Gasteiger partial charge < -0.3 is 4.74 Å². The van der Waals surface area contributed by atoms with Crippen molar-refractivity contribution in [2.24, 2.45) is 0 Å². The largest absolute Gasteiger partial charge is 0.497 e. The molecule has 0 aliphatic heterocycles. The molecule has 0 radical (unpaired) electrons. The first-order valence-electron chi connectivity index (χ1n) is 3.44. The summed E-state index contributed by atoms with van der Waals surface area (Å²) in [5, 5.41) is 0. The third-order valence-electron chi connectivity index (χ3n) is 1.51. The van der Waals surface area contributed by atoms with Gasteiger partial charge in [-0.1, -0.05) is 0 Å². The Balaban J connectivity index is 3.13. The first-order chi connectivity index (χ1) is 6.10. The standard InChI is InChI=1S/C8H8O4S/c1-12-7-2-4-8(5-3-7)13(10,11)6-9/h2-6H,1H3. The van der Waals surface area contributed by atoms with Crippen molar-refractivity contribution in [2.75, 3.05) is 7.11 Å². The van der Waals surface area contributed by atoms with E-state index in [1.54, 1.807) is 0 Å². The second-order valence-corrected chi connectivity index (χ2v) is 4.07. The highest BCUT2D eigenvalue weighted by molar-refractivity contribution is 8.04. The highest BCUT2D eigenvalue weighted by Gasteiger charge is 2.11. The molecule has 1 rings (SSSR count). The lowest BCUT2D eigenvalue weighted by Gasteiger charge is -1.99. The summed E-state index contributed by atoms with van der Waals surface area (Å²) < 4.78 is 26.8. The monoisotopic (exact) mass is 200 g/mol. The minimum absolute atomic E-state index is 0.0247. The minimum atomic E-state index is -3.76. The number of ether oxygens (including phenoxy) is 1. The summed E-state index contributed by atoms with van der Waals surface area (Å²) >= 11 is 0. The predicted octanol–water partition coefficient (Wildman–Crippen LogP) is 0.659. The summed E-state index contributed by atoms with van der Waals surface area (Å²) in [5.74, 6) is 0.546. The van der Waals surface area contributed by atoms with Gasteiger partial charge >= 0.3 is 0 Å². The molecule has 0 atom stereocenters. The fourth-order valence-corrected chi connectivity index (χ4v) is 1.45. The van der Waals surface area contributed by atoms with Crippen molar-refractivity contribution in [3.8, 4) is 5.75 Å². The molecule has 0 amide bonds. The number of carbonyl (C=O) groups is 1. The second kappa shape index (κ2) is 3.57. The molecule has 0 heterocycles. The lowest BCUT2D eigenvalue weighted by Crippen LogP contribution is -2.00. The summed E-state index contributed by atoms with van der Waals surface area (Å²) in [6.45, 7) is 0. The number of carbonyl (C=O) groups excluding carboxylic acids is 1. The second-order valence-electron chi connectivity index (χ2n) is 2.32. The summed E-state index contributed by atoms with van der Waals surface area (Å²) in [7, 11) is -2.28. The average molecular weight is 200 g/mol. The molecule has 13 heavy (non-hydrogen) atoms. The van der Waals surface area contributed by atoms with E-state index in [1.165, 1.54) is 31.4 Å². The maximum atomic E-state index is 11.0. The fourth-order valence-electron chi connectivity index (χ4n) is 0.821. The number of methoxy groups -OCH3 is 1. The Labute approximate surface area is 76.1 Å². The summed E-state index contributed by atoms with van der Waals surface area (Å²) in [5.41, 5.74) is -0.0746. The van der Waals surface area contributed by atoms with Crippen molar-refractivity contribution in [2.45, 2.75) is 4.90 Å². The maximum Gasteiger partial charge on any atom is 0.238 e. The van der Waals surface area contributed by atoms with Gasteiger partial charge in [-0.05, 0) is 24.3 Å². The number of hydrogen-bond donors (Lipinski definition) is 0. The van der Waals surface area contributed by atoms with E-state index in [-0.39, 0.29) is 10.5 Å². The van der Waals surface area contributed by atoms with E-state index in [0.717, 1.165) is 0 Å². The molecule has 1 aromatic rings. The summed E-state index contributed by atoms with van der Waals surface area (Å²) in [6, 6.07) is 5.61. The predicted molar refractivity (Wildman–Crippen MR) is 46.9 cm³/mol. The van der Waals surface area contributed by atoms with E-state index < -0.39 is 9.84 Å². The molecule has 0 saturated carbocycles. The highest BCUT2D eigenvalue weighted by atomic mass is 32.2. The van der Waals surface area contributed by atoms with Gasteiger partial charge in [0.25, 0.3) is 0 Å². The van der Waals surface area contributed by atoms with Gasteiger partial charge in [-0.2, -0.15) is 0 Å². The van der Waals surface area contributed by atoms with E-state index >= 15 is 0 Å². The molecule has 1 aromatic carbocycles. The van der Waals surface area contributed by atoms with Crippen LogP contribution in [-0.4, -0.2) is 21.1 Å². The smallest absolute Gasteiger partial charge is 0.238 e. The molecule has 0 aromatic heterocycles. The van der Waals surface area contributed by atoms with E-state index in [4.69, 9.17) is 4.74 Å². The average Bonchev–Trinajstić information content (AvgIpc) is 2.18. The summed E-state index contributed by atoms with van der Waals surface area (Å²) in [4.78, 5) is 10.1. The van der Waals surface area contributed by atoms with Crippen LogP contribution in [0.25, 0.3) is 0 Å². The van der Waals surface area contributed by atoms with Gasteiger partial charge in [0, 0.05) is 0 Å². The summed E-state index contributed by atoms with van der Waals surface area (Å²) in [6.07, 6.45) is 0. The van der Waals surface area contributed by atoms with Crippen LogP contribution in [0.4, 0.5) is 0 Å². The van der Waals surface area contributed by atoms with Crippen LogP contribution in [0.5, 0.6) is 5.75 Å². The SMILES string of the molecule is COc1ccc(S(=O)(=O)C=O)cc1. The lowest BCUT2D eigenvalue weighted by molar-refractivity contribution is 0.414. The van der Waals surface area contributed by atoms with Crippen molar-refractivity contribution in [3.63, 3.8) is 0 Å². The minimum Gasteiger partial charge on any atom is -0.497 e. The number of sulfone groups is 1. The molecule has 0 aliphatic rings. The molecule has 70 valence electrons. The first-order valence-corrected chi connectivity index (χ1v) is 4.99. The highest BCUT2D eigenvalue weighted by Crippen LogP contribution is 2.15. The van der Waals surface area contributed by atoms with Crippen molar-refractivity contribution in [1.82, 2.24) is 0 Å². The van der Waals surface area contributed by atoms with Gasteiger partial charge in [0.15, 0.2) is 0 Å². The Hall–Kier alpha value is -1.36. The van der Waals surface area contributed by atoms with Crippen LogP contribution in [0.2, 0.25) is 0 Å². The zero-order valence-corrected chi connectivity index (χ0v) is 7.74. The zero-order chi connectivity index (χ0) is 9.90. The van der Waals surface area contributed by atoms with E-state index in [2.05, 4.69) is 0 Å². The lowest BCUT2D eigenvalue weighted by atomic mass is 10.3. The van der Waals surface area contributed by atoms with Gasteiger partial charge in [0.2, 0.25) is 15.5 Å². The van der Waals surface area contributed by atoms with Gasteiger partial charge in [-0.25, -0.2) is 8.42 Å². The topological polar surface area (TPSA) is 60.4 Å². The molecule has 0 fully saturated rings. The Morgan fingerprint density at radius 2 is 1.77 bits per heavy atom. The fraction of sp³-hybridized carbons (Fsp3) is 0.125. The number of rotatable bonds is 3. The molecule has 0 bridgehead atoms. The maximum absolute atomic E-state index is 11.0. The molecular weight excluding hydrogens is 192 g/mol. The third-order valence-corrected chi connectivity index (χ3v) is 2.70. The van der Waals surface area contributed by atoms with E-state index in [1.807, 2.05) is 0 Å². The molecule has 0 spiro atoms. The van der Waals surface area contributed by atoms with Crippen molar-refractivity contribution >= 4 is 15.5 Å². The molecule has 0 saturated heterocycles. The first kappa shape index (κ1) is 9.73. The Morgan fingerprint density at radius 1 is 1.23 bits per heavy atom. The normalized spacial score (nSPS) is 10.8. The number of benzene rings is 1. The van der Waals surface area contributed by atoms with Crippen LogP contribution in [0.3, 0.4) is 0 Å². The molecule has 0 aliphatic carbocycles. The zero-order valence-electron chi connectivity index (χ0n) is 6.93. The van der Waals surface area contributed by atoms with Crippen LogP contribution in [-0.2, 0) is 14.6 Å². The van der Waals surface area contributed by atoms with Gasteiger partial charge in [0.05, 0.1) is 12.0 Å². The Morgan fingerprint density at radius 3 is 2.15 bits per heavy atom. The van der Waals surface area contributed by atoms with Gasteiger partial charge in [0.1, 0.15) is 5.75 Å². The van der Waals surface area contributed by atoms with Crippen LogP contribution in [0.15, 0.2) is 29.2 Å².